The number of halogens is 3. The predicted octanol–water partition coefficient (Wildman–Crippen LogP) is 2.92. The van der Waals surface area contributed by atoms with E-state index in [1.807, 2.05) is 4.90 Å². The number of ether oxygens (including phenoxy) is 2. The topological polar surface area (TPSA) is 50.8 Å². The molecule has 0 saturated carbocycles. The summed E-state index contributed by atoms with van der Waals surface area (Å²) < 4.78 is 46.9. The number of amides is 1. The zero-order valence-corrected chi connectivity index (χ0v) is 15.3. The van der Waals surface area contributed by atoms with Gasteiger partial charge in [0.05, 0.1) is 7.11 Å². The summed E-state index contributed by atoms with van der Waals surface area (Å²) in [6.07, 6.45) is -0.421. The molecule has 2 aliphatic heterocycles. The van der Waals surface area contributed by atoms with E-state index < -0.39 is 12.8 Å². The predicted molar refractivity (Wildman–Crippen MR) is 94.0 cm³/mol. The summed E-state index contributed by atoms with van der Waals surface area (Å²) in [4.78, 5) is 14.8. The Morgan fingerprint density at radius 2 is 2.00 bits per heavy atom. The van der Waals surface area contributed by atoms with Crippen molar-refractivity contribution in [1.82, 2.24) is 10.2 Å². The average Bonchev–Trinajstić information content (AvgIpc) is 2.90. The highest BCUT2D eigenvalue weighted by atomic mass is 19.4. The highest BCUT2D eigenvalue weighted by Crippen LogP contribution is 2.31. The van der Waals surface area contributed by atoms with Crippen molar-refractivity contribution in [3.05, 3.63) is 23.8 Å². The number of fused-ring (bicyclic) bond motifs is 2. The molecule has 0 spiro atoms. The first kappa shape index (κ1) is 19.8. The van der Waals surface area contributed by atoms with Crippen LogP contribution in [0, 0.1) is 0 Å². The van der Waals surface area contributed by atoms with Gasteiger partial charge in [-0.3, -0.25) is 4.79 Å². The van der Waals surface area contributed by atoms with E-state index in [9.17, 15) is 18.0 Å². The fourth-order valence-electron chi connectivity index (χ4n) is 3.92. The van der Waals surface area contributed by atoms with Crippen LogP contribution in [0.15, 0.2) is 18.2 Å². The van der Waals surface area contributed by atoms with Crippen LogP contribution >= 0.6 is 0 Å². The van der Waals surface area contributed by atoms with Gasteiger partial charge < -0.3 is 19.7 Å². The Balaban J connectivity index is 1.60. The number of benzene rings is 1. The molecule has 5 nitrogen and oxygen atoms in total. The van der Waals surface area contributed by atoms with Crippen LogP contribution in [0.3, 0.4) is 0 Å². The van der Waals surface area contributed by atoms with E-state index in [0.29, 0.717) is 18.9 Å². The molecule has 1 N–H and O–H groups in total. The largest absolute Gasteiger partial charge is 0.493 e. The van der Waals surface area contributed by atoms with Crippen LogP contribution < -0.4 is 14.8 Å². The Labute approximate surface area is 156 Å². The molecule has 8 heteroatoms. The Kier molecular flexibility index (Phi) is 6.14. The van der Waals surface area contributed by atoms with Gasteiger partial charge in [0.1, 0.15) is 0 Å². The third-order valence-electron chi connectivity index (χ3n) is 5.19. The smallest absolute Gasteiger partial charge is 0.422 e. The van der Waals surface area contributed by atoms with E-state index in [1.54, 1.807) is 12.1 Å². The average molecular weight is 386 g/mol. The van der Waals surface area contributed by atoms with Crippen LogP contribution in [-0.4, -0.2) is 55.9 Å². The van der Waals surface area contributed by atoms with Crippen LogP contribution in [0.2, 0.25) is 0 Å². The molecule has 2 unspecified atom stereocenters. The van der Waals surface area contributed by atoms with Gasteiger partial charge in [0.15, 0.2) is 18.1 Å². The highest BCUT2D eigenvalue weighted by molar-refractivity contribution is 5.77. The first-order valence-electron chi connectivity index (χ1n) is 9.26. The van der Waals surface area contributed by atoms with Crippen molar-refractivity contribution < 1.29 is 27.4 Å². The van der Waals surface area contributed by atoms with Gasteiger partial charge in [-0.05, 0) is 49.9 Å². The molecule has 2 aliphatic rings. The van der Waals surface area contributed by atoms with E-state index in [0.717, 1.165) is 37.9 Å². The van der Waals surface area contributed by atoms with E-state index >= 15 is 0 Å². The van der Waals surface area contributed by atoms with Crippen molar-refractivity contribution in [2.24, 2.45) is 0 Å². The van der Waals surface area contributed by atoms with Gasteiger partial charge in [-0.1, -0.05) is 6.07 Å². The van der Waals surface area contributed by atoms with Gasteiger partial charge >= 0.3 is 6.18 Å². The number of carbonyl (C=O) groups is 1. The standard InChI is InChI=1S/C19H25F3N2O3/c1-26-17-10-13(2-6-16(17)27-12-19(20,21)22)3-7-18(25)24-14-4-5-15(24)11-23-9-8-14/h2,6,10,14-15,23H,3-5,7-9,11-12H2,1H3. The highest BCUT2D eigenvalue weighted by Gasteiger charge is 2.37. The van der Waals surface area contributed by atoms with E-state index in [2.05, 4.69) is 5.32 Å². The minimum Gasteiger partial charge on any atom is -0.493 e. The van der Waals surface area contributed by atoms with Crippen molar-refractivity contribution in [3.8, 4) is 11.5 Å². The summed E-state index contributed by atoms with van der Waals surface area (Å²) in [5.41, 5.74) is 0.833. The molecular formula is C19H25F3N2O3. The lowest BCUT2D eigenvalue weighted by atomic mass is 10.1. The molecule has 27 heavy (non-hydrogen) atoms. The fraction of sp³-hybridized carbons (Fsp3) is 0.632. The Bertz CT molecular complexity index is 652. The normalized spacial score (nSPS) is 22.4. The number of hydrogen-bond donors (Lipinski definition) is 1. The lowest BCUT2D eigenvalue weighted by molar-refractivity contribution is -0.153. The molecule has 150 valence electrons. The number of hydrogen-bond acceptors (Lipinski definition) is 4. The SMILES string of the molecule is COc1cc(CCC(=O)N2C3CCNCC2CC3)ccc1OCC(F)(F)F. The van der Waals surface area contributed by atoms with E-state index in [1.165, 1.54) is 13.2 Å². The number of alkyl halides is 3. The Hall–Kier alpha value is -1.96. The summed E-state index contributed by atoms with van der Waals surface area (Å²) in [7, 11) is 1.38. The van der Waals surface area contributed by atoms with Gasteiger partial charge in [-0.15, -0.1) is 0 Å². The van der Waals surface area contributed by atoms with Crippen LogP contribution in [0.25, 0.3) is 0 Å². The Morgan fingerprint density at radius 3 is 2.74 bits per heavy atom. The first-order chi connectivity index (χ1) is 12.9. The van der Waals surface area contributed by atoms with Crippen molar-refractivity contribution in [2.75, 3.05) is 26.8 Å². The minimum absolute atomic E-state index is 0.0431. The summed E-state index contributed by atoms with van der Waals surface area (Å²) >= 11 is 0. The van der Waals surface area contributed by atoms with Crippen molar-refractivity contribution in [2.45, 2.75) is 50.4 Å². The second-order valence-electron chi connectivity index (χ2n) is 7.07. The Morgan fingerprint density at radius 1 is 1.22 bits per heavy atom. The second-order valence-corrected chi connectivity index (χ2v) is 7.07. The summed E-state index contributed by atoms with van der Waals surface area (Å²) in [5.74, 6) is 0.423. The summed E-state index contributed by atoms with van der Waals surface area (Å²) in [6.45, 7) is 0.426. The third kappa shape index (κ3) is 5.06. The van der Waals surface area contributed by atoms with Gasteiger partial charge in [-0.2, -0.15) is 13.2 Å². The molecule has 1 aromatic carbocycles. The van der Waals surface area contributed by atoms with Gasteiger partial charge in [0.25, 0.3) is 0 Å². The van der Waals surface area contributed by atoms with Crippen molar-refractivity contribution >= 4 is 5.91 Å². The molecule has 1 amide bonds. The molecule has 2 saturated heterocycles. The molecule has 2 atom stereocenters. The number of aryl methyl sites for hydroxylation is 1. The van der Waals surface area contributed by atoms with Gasteiger partial charge in [-0.25, -0.2) is 0 Å². The number of methoxy groups -OCH3 is 1. The van der Waals surface area contributed by atoms with E-state index in [4.69, 9.17) is 9.47 Å². The van der Waals surface area contributed by atoms with Crippen molar-refractivity contribution in [3.63, 3.8) is 0 Å². The molecule has 2 bridgehead atoms. The molecule has 2 heterocycles. The molecule has 1 aromatic rings. The zero-order valence-electron chi connectivity index (χ0n) is 15.3. The molecule has 2 fully saturated rings. The lowest BCUT2D eigenvalue weighted by Crippen LogP contribution is -2.42. The maximum Gasteiger partial charge on any atom is 0.422 e. The van der Waals surface area contributed by atoms with Crippen LogP contribution in [0.5, 0.6) is 11.5 Å². The molecule has 0 aliphatic carbocycles. The summed E-state index contributed by atoms with van der Waals surface area (Å²) in [6, 6.07) is 5.38. The van der Waals surface area contributed by atoms with Gasteiger partial charge in [0, 0.05) is 25.0 Å². The van der Waals surface area contributed by atoms with Crippen molar-refractivity contribution in [1.29, 1.82) is 0 Å². The molecule has 3 rings (SSSR count). The van der Waals surface area contributed by atoms with Gasteiger partial charge in [0.2, 0.25) is 5.91 Å². The molecule has 0 radical (unpaired) electrons. The zero-order chi connectivity index (χ0) is 19.4. The number of carbonyl (C=O) groups excluding carboxylic acids is 1. The number of rotatable bonds is 6. The van der Waals surface area contributed by atoms with Crippen LogP contribution in [-0.2, 0) is 11.2 Å². The quantitative estimate of drug-likeness (QED) is 0.817. The molecular weight excluding hydrogens is 361 g/mol. The minimum atomic E-state index is -4.41. The lowest BCUT2D eigenvalue weighted by Gasteiger charge is -2.28. The first-order valence-corrected chi connectivity index (χ1v) is 9.26. The second kappa shape index (κ2) is 8.37. The maximum atomic E-state index is 12.7. The third-order valence-corrected chi connectivity index (χ3v) is 5.19. The monoisotopic (exact) mass is 386 g/mol. The van der Waals surface area contributed by atoms with Crippen LogP contribution in [0.4, 0.5) is 13.2 Å². The maximum absolute atomic E-state index is 12.7. The van der Waals surface area contributed by atoms with E-state index in [-0.39, 0.29) is 23.4 Å². The summed E-state index contributed by atoms with van der Waals surface area (Å²) in [5, 5.41) is 3.38. The fourth-order valence-corrected chi connectivity index (χ4v) is 3.92. The molecule has 0 aromatic heterocycles. The number of nitrogens with one attached hydrogen (secondary N) is 1. The van der Waals surface area contributed by atoms with Crippen LogP contribution in [0.1, 0.15) is 31.2 Å². The number of nitrogens with zero attached hydrogens (tertiary/aromatic N) is 1.